The van der Waals surface area contributed by atoms with Gasteiger partial charge in [0.1, 0.15) is 5.75 Å². The van der Waals surface area contributed by atoms with Crippen LogP contribution < -0.4 is 10.1 Å². The summed E-state index contributed by atoms with van der Waals surface area (Å²) in [5.74, 6) is 0.481. The third-order valence-corrected chi connectivity index (χ3v) is 7.54. The van der Waals surface area contributed by atoms with Crippen LogP contribution in [0.1, 0.15) is 69.7 Å². The van der Waals surface area contributed by atoms with Crippen molar-refractivity contribution in [1.82, 2.24) is 5.32 Å². The molecule has 2 aromatic rings. The molecular weight excluding hydrogens is 418 g/mol. The number of nitrogens with one attached hydrogen (secondary N) is 1. The molecular formula is C27H31NO3S. The zero-order valence-electron chi connectivity index (χ0n) is 19.7. The topological polar surface area (TPSA) is 55.4 Å². The summed E-state index contributed by atoms with van der Waals surface area (Å²) in [7, 11) is 0. The van der Waals surface area contributed by atoms with E-state index in [1.807, 2.05) is 19.1 Å². The zero-order chi connectivity index (χ0) is 23.3. The molecule has 4 nitrogen and oxygen atoms in total. The van der Waals surface area contributed by atoms with Crippen LogP contribution in [0.3, 0.4) is 0 Å². The van der Waals surface area contributed by atoms with Crippen molar-refractivity contribution in [2.75, 3.05) is 6.61 Å². The van der Waals surface area contributed by atoms with Crippen molar-refractivity contribution in [3.63, 3.8) is 0 Å². The van der Waals surface area contributed by atoms with E-state index in [0.29, 0.717) is 11.5 Å². The van der Waals surface area contributed by atoms with Gasteiger partial charge in [-0.25, -0.2) is 0 Å². The Balaban J connectivity index is 1.88. The van der Waals surface area contributed by atoms with Gasteiger partial charge < -0.3 is 4.74 Å². The fourth-order valence-electron chi connectivity index (χ4n) is 4.71. The lowest BCUT2D eigenvalue weighted by atomic mass is 9.62. The number of fused-ring (bicyclic) bond motifs is 1. The van der Waals surface area contributed by atoms with Crippen molar-refractivity contribution in [2.45, 2.75) is 65.2 Å². The number of carbonyl (C=O) groups excluding carboxylic acids is 2. The van der Waals surface area contributed by atoms with Gasteiger partial charge in [0.15, 0.2) is 0 Å². The molecule has 0 atom stereocenters. The molecule has 1 heterocycles. The first-order valence-corrected chi connectivity index (χ1v) is 12.0. The van der Waals surface area contributed by atoms with Crippen molar-refractivity contribution in [2.24, 2.45) is 0 Å². The van der Waals surface area contributed by atoms with E-state index in [2.05, 4.69) is 58.1 Å². The summed E-state index contributed by atoms with van der Waals surface area (Å²) >= 11 is 0.936. The number of benzene rings is 2. The molecule has 1 fully saturated rings. The fourth-order valence-corrected chi connectivity index (χ4v) is 5.40. The second-order valence-electron chi connectivity index (χ2n) is 10.0. The quantitative estimate of drug-likeness (QED) is 0.526. The van der Waals surface area contributed by atoms with Gasteiger partial charge in [0.25, 0.3) is 11.1 Å². The van der Waals surface area contributed by atoms with E-state index >= 15 is 0 Å². The van der Waals surface area contributed by atoms with Crippen LogP contribution in [0.2, 0.25) is 0 Å². The van der Waals surface area contributed by atoms with Gasteiger partial charge in [-0.15, -0.1) is 0 Å². The molecule has 0 bridgehead atoms. The zero-order valence-corrected chi connectivity index (χ0v) is 20.5. The van der Waals surface area contributed by atoms with Gasteiger partial charge in [-0.2, -0.15) is 0 Å². The molecule has 1 aliphatic heterocycles. The first-order valence-electron chi connectivity index (χ1n) is 11.2. The third kappa shape index (κ3) is 4.11. The lowest BCUT2D eigenvalue weighted by molar-refractivity contribution is -0.115. The number of imide groups is 1. The van der Waals surface area contributed by atoms with Crippen molar-refractivity contribution >= 4 is 29.0 Å². The number of amides is 2. The van der Waals surface area contributed by atoms with E-state index in [1.54, 1.807) is 6.08 Å². The van der Waals surface area contributed by atoms with Gasteiger partial charge in [0.05, 0.1) is 11.5 Å². The van der Waals surface area contributed by atoms with Gasteiger partial charge in [-0.1, -0.05) is 39.8 Å². The molecule has 1 aliphatic carbocycles. The molecule has 0 spiro atoms. The summed E-state index contributed by atoms with van der Waals surface area (Å²) in [5, 5.41) is 1.99. The number of hydrogen-bond donors (Lipinski definition) is 1. The minimum Gasteiger partial charge on any atom is -0.493 e. The molecule has 1 N–H and O–H groups in total. The summed E-state index contributed by atoms with van der Waals surface area (Å²) in [6.07, 6.45) is 4.10. The van der Waals surface area contributed by atoms with Crippen LogP contribution >= 0.6 is 11.8 Å². The van der Waals surface area contributed by atoms with Crippen molar-refractivity contribution in [1.29, 1.82) is 0 Å². The van der Waals surface area contributed by atoms with Crippen LogP contribution in [-0.4, -0.2) is 17.8 Å². The summed E-state index contributed by atoms with van der Waals surface area (Å²) in [5.41, 5.74) is 7.34. The number of thioether (sulfide) groups is 1. The molecule has 0 aromatic heterocycles. The Morgan fingerprint density at radius 2 is 1.66 bits per heavy atom. The second-order valence-corrected chi connectivity index (χ2v) is 11.0. The Kier molecular flexibility index (Phi) is 5.74. The monoisotopic (exact) mass is 449 g/mol. The first-order chi connectivity index (χ1) is 15.0. The lowest BCUT2D eigenvalue weighted by Gasteiger charge is -2.42. The average molecular weight is 450 g/mol. The largest absolute Gasteiger partial charge is 0.493 e. The predicted octanol–water partition coefficient (Wildman–Crippen LogP) is 6.73. The van der Waals surface area contributed by atoms with Crippen molar-refractivity contribution in [3.8, 4) is 16.9 Å². The fraction of sp³-hybridized carbons (Fsp3) is 0.407. The minimum atomic E-state index is -0.343. The molecule has 0 unspecified atom stereocenters. The van der Waals surface area contributed by atoms with Crippen LogP contribution in [0.15, 0.2) is 35.2 Å². The second kappa shape index (κ2) is 8.11. The Morgan fingerprint density at radius 1 is 1.00 bits per heavy atom. The smallest absolute Gasteiger partial charge is 0.290 e. The SMILES string of the molecule is CCOc1ccc(/C=C2\SC(=O)NC2=O)cc1-c1cc2c(cc1C)C(C)(C)CCC2(C)C. The Bertz CT molecular complexity index is 1140. The molecule has 0 saturated carbocycles. The molecule has 168 valence electrons. The Morgan fingerprint density at radius 3 is 2.25 bits per heavy atom. The Labute approximate surface area is 194 Å². The summed E-state index contributed by atoms with van der Waals surface area (Å²) in [4.78, 5) is 24.0. The lowest BCUT2D eigenvalue weighted by Crippen LogP contribution is -2.34. The average Bonchev–Trinajstić information content (AvgIpc) is 3.03. The third-order valence-electron chi connectivity index (χ3n) is 6.73. The van der Waals surface area contributed by atoms with E-state index in [9.17, 15) is 9.59 Å². The van der Waals surface area contributed by atoms with Gasteiger partial charge in [-0.3, -0.25) is 14.9 Å². The summed E-state index contributed by atoms with van der Waals surface area (Å²) in [6.45, 7) is 14.1. The van der Waals surface area contributed by atoms with Crippen LogP contribution in [0.5, 0.6) is 5.75 Å². The van der Waals surface area contributed by atoms with Crippen molar-refractivity contribution < 1.29 is 14.3 Å². The standard InChI is InChI=1S/C27H31NO3S/c1-7-31-22-9-8-17(14-23-24(29)28-25(30)32-23)13-19(22)18-15-21-20(12-16(18)2)26(3,4)10-11-27(21,5)6/h8-9,12-15H,7,10-11H2,1-6H3,(H,28,29,30)/b23-14-. The molecule has 32 heavy (non-hydrogen) atoms. The highest BCUT2D eigenvalue weighted by Gasteiger charge is 2.37. The van der Waals surface area contributed by atoms with E-state index in [1.165, 1.54) is 23.1 Å². The number of hydrogen-bond acceptors (Lipinski definition) is 4. The summed E-state index contributed by atoms with van der Waals surface area (Å²) in [6, 6.07) is 10.6. The van der Waals surface area contributed by atoms with Crippen LogP contribution in [-0.2, 0) is 15.6 Å². The van der Waals surface area contributed by atoms with Crippen LogP contribution in [0, 0.1) is 6.92 Å². The van der Waals surface area contributed by atoms with Gasteiger partial charge in [0, 0.05) is 5.56 Å². The highest BCUT2D eigenvalue weighted by molar-refractivity contribution is 8.18. The molecule has 1 saturated heterocycles. The van der Waals surface area contributed by atoms with Gasteiger partial charge in [0.2, 0.25) is 0 Å². The van der Waals surface area contributed by atoms with Gasteiger partial charge >= 0.3 is 0 Å². The summed E-state index contributed by atoms with van der Waals surface area (Å²) < 4.78 is 5.99. The highest BCUT2D eigenvalue weighted by Crippen LogP contribution is 2.48. The van der Waals surface area contributed by atoms with Crippen LogP contribution in [0.4, 0.5) is 4.79 Å². The van der Waals surface area contributed by atoms with E-state index in [0.717, 1.165) is 40.6 Å². The van der Waals surface area contributed by atoms with E-state index in [4.69, 9.17) is 4.74 Å². The maximum absolute atomic E-state index is 12.0. The highest BCUT2D eigenvalue weighted by atomic mass is 32.2. The molecule has 2 aromatic carbocycles. The maximum Gasteiger partial charge on any atom is 0.290 e. The van der Waals surface area contributed by atoms with Crippen molar-refractivity contribution in [3.05, 3.63) is 57.5 Å². The molecule has 4 rings (SSSR count). The number of aryl methyl sites for hydroxylation is 1. The number of rotatable bonds is 4. The molecule has 5 heteroatoms. The molecule has 2 amide bonds. The molecule has 2 aliphatic rings. The normalized spacial score (nSPS) is 20.2. The van der Waals surface area contributed by atoms with E-state index in [-0.39, 0.29) is 22.0 Å². The number of ether oxygens (including phenoxy) is 1. The minimum absolute atomic E-state index is 0.109. The number of carbonyl (C=O) groups is 2. The Hall–Kier alpha value is -2.53. The van der Waals surface area contributed by atoms with Crippen LogP contribution in [0.25, 0.3) is 17.2 Å². The van der Waals surface area contributed by atoms with E-state index < -0.39 is 0 Å². The first kappa shape index (κ1) is 22.7. The predicted molar refractivity (Wildman–Crippen MR) is 132 cm³/mol. The van der Waals surface area contributed by atoms with Gasteiger partial charge in [-0.05, 0) is 101 Å². The molecule has 0 radical (unpaired) electrons. The maximum atomic E-state index is 12.0.